The molecule has 3 heteroatoms. The van der Waals surface area contributed by atoms with Crippen LogP contribution >= 0.6 is 0 Å². The van der Waals surface area contributed by atoms with Gasteiger partial charge in [0.2, 0.25) is 0 Å². The van der Waals surface area contributed by atoms with E-state index in [1.165, 1.54) is 5.56 Å². The summed E-state index contributed by atoms with van der Waals surface area (Å²) >= 11 is 0. The summed E-state index contributed by atoms with van der Waals surface area (Å²) in [7, 11) is 0. The average molecular weight is 230 g/mol. The van der Waals surface area contributed by atoms with Crippen LogP contribution in [0.4, 0.5) is 0 Å². The fraction of sp³-hybridized carbons (Fsp3) is 0.357. The highest BCUT2D eigenvalue weighted by Crippen LogP contribution is 2.26. The average Bonchev–Trinajstić information content (AvgIpc) is 2.75. The normalized spacial score (nSPS) is 11.1. The van der Waals surface area contributed by atoms with E-state index < -0.39 is 0 Å². The molecule has 0 atom stereocenters. The van der Waals surface area contributed by atoms with Crippen LogP contribution in [-0.4, -0.2) is 11.2 Å². The second kappa shape index (κ2) is 5.15. The summed E-state index contributed by atoms with van der Waals surface area (Å²) in [6, 6.07) is 8.65. The first-order chi connectivity index (χ1) is 8.18. The molecule has 1 heterocycles. The van der Waals surface area contributed by atoms with Gasteiger partial charge in [0.15, 0.2) is 5.76 Å². The maximum Gasteiger partial charge on any atom is 0.171 e. The van der Waals surface area contributed by atoms with Gasteiger partial charge in [-0.25, -0.2) is 0 Å². The molecule has 3 nitrogen and oxygen atoms in total. The van der Waals surface area contributed by atoms with E-state index in [0.717, 1.165) is 23.4 Å². The summed E-state index contributed by atoms with van der Waals surface area (Å²) in [6.45, 7) is 7.12. The lowest BCUT2D eigenvalue weighted by molar-refractivity contribution is 0.431. The fourth-order valence-electron chi connectivity index (χ4n) is 1.75. The maximum absolute atomic E-state index is 5.37. The van der Waals surface area contributed by atoms with Crippen LogP contribution in [0.2, 0.25) is 0 Å². The molecule has 2 rings (SSSR count). The first-order valence-electron chi connectivity index (χ1n) is 5.91. The molecule has 0 amide bonds. The predicted octanol–water partition coefficient (Wildman–Crippen LogP) is 3.15. The Balaban J connectivity index is 2.28. The summed E-state index contributed by atoms with van der Waals surface area (Å²) < 4.78 is 5.37. The molecular formula is C14H18N2O. The van der Waals surface area contributed by atoms with Gasteiger partial charge >= 0.3 is 0 Å². The minimum atomic E-state index is 0.453. The summed E-state index contributed by atoms with van der Waals surface area (Å²) in [5, 5.41) is 7.28. The Morgan fingerprint density at radius 3 is 2.76 bits per heavy atom. The van der Waals surface area contributed by atoms with Crippen LogP contribution in [0, 0.1) is 6.92 Å². The molecule has 17 heavy (non-hydrogen) atoms. The van der Waals surface area contributed by atoms with Crippen molar-refractivity contribution in [3.63, 3.8) is 0 Å². The van der Waals surface area contributed by atoms with Crippen molar-refractivity contribution < 1.29 is 4.52 Å². The van der Waals surface area contributed by atoms with Crippen LogP contribution in [-0.2, 0) is 6.54 Å². The van der Waals surface area contributed by atoms with Gasteiger partial charge in [-0.3, -0.25) is 0 Å². The monoisotopic (exact) mass is 230 g/mol. The van der Waals surface area contributed by atoms with Crippen LogP contribution in [0.15, 0.2) is 35.0 Å². The van der Waals surface area contributed by atoms with Crippen molar-refractivity contribution >= 4 is 0 Å². The lowest BCUT2D eigenvalue weighted by atomic mass is 10.0. The summed E-state index contributed by atoms with van der Waals surface area (Å²) in [4.78, 5) is 0. The topological polar surface area (TPSA) is 38.1 Å². The molecule has 1 aromatic heterocycles. The maximum atomic E-state index is 5.37. The minimum Gasteiger partial charge on any atom is -0.356 e. The molecule has 0 saturated heterocycles. The van der Waals surface area contributed by atoms with Gasteiger partial charge < -0.3 is 9.84 Å². The van der Waals surface area contributed by atoms with Gasteiger partial charge in [-0.05, 0) is 12.5 Å². The smallest absolute Gasteiger partial charge is 0.171 e. The van der Waals surface area contributed by atoms with E-state index in [1.807, 2.05) is 12.1 Å². The zero-order chi connectivity index (χ0) is 12.3. The highest BCUT2D eigenvalue weighted by Gasteiger charge is 2.12. The molecule has 0 bridgehead atoms. The number of hydrogen-bond acceptors (Lipinski definition) is 3. The first-order valence-corrected chi connectivity index (χ1v) is 5.91. The Hall–Kier alpha value is -1.61. The van der Waals surface area contributed by atoms with E-state index in [-0.39, 0.29) is 0 Å². The zero-order valence-electron chi connectivity index (χ0n) is 10.5. The second-order valence-electron chi connectivity index (χ2n) is 4.53. The van der Waals surface area contributed by atoms with Crippen molar-refractivity contribution in [1.82, 2.24) is 10.5 Å². The van der Waals surface area contributed by atoms with E-state index in [1.54, 1.807) is 6.20 Å². The van der Waals surface area contributed by atoms with Crippen LogP contribution in [0.1, 0.15) is 25.0 Å². The summed E-state index contributed by atoms with van der Waals surface area (Å²) in [6.07, 6.45) is 1.79. The Bertz CT molecular complexity index is 488. The molecule has 1 aromatic carbocycles. The number of aryl methyl sites for hydroxylation is 1. The standard InChI is InChI=1S/C14H18N2O/c1-10(2)15-8-12-9-16-17-14(12)13-7-5-4-6-11(13)3/h4-7,9-10,15H,8H2,1-3H3. The third-order valence-corrected chi connectivity index (χ3v) is 2.73. The molecule has 90 valence electrons. The van der Waals surface area contributed by atoms with Gasteiger partial charge in [-0.1, -0.05) is 43.3 Å². The fourth-order valence-corrected chi connectivity index (χ4v) is 1.75. The van der Waals surface area contributed by atoms with Crippen molar-refractivity contribution in [3.05, 3.63) is 41.6 Å². The quantitative estimate of drug-likeness (QED) is 0.876. The predicted molar refractivity (Wildman–Crippen MR) is 68.7 cm³/mol. The summed E-state index contributed by atoms with van der Waals surface area (Å²) in [5.41, 5.74) is 3.42. The SMILES string of the molecule is Cc1ccccc1-c1oncc1CNC(C)C. The third-order valence-electron chi connectivity index (χ3n) is 2.73. The van der Waals surface area contributed by atoms with Gasteiger partial charge in [-0.15, -0.1) is 0 Å². The van der Waals surface area contributed by atoms with Gasteiger partial charge in [0.1, 0.15) is 0 Å². The van der Waals surface area contributed by atoms with Crippen molar-refractivity contribution in [2.24, 2.45) is 0 Å². The van der Waals surface area contributed by atoms with Crippen LogP contribution in [0.25, 0.3) is 11.3 Å². The van der Waals surface area contributed by atoms with Crippen molar-refractivity contribution in [2.75, 3.05) is 0 Å². The Morgan fingerprint density at radius 1 is 1.29 bits per heavy atom. The lowest BCUT2D eigenvalue weighted by Gasteiger charge is -2.08. The van der Waals surface area contributed by atoms with Crippen LogP contribution in [0.5, 0.6) is 0 Å². The Kier molecular flexibility index (Phi) is 3.59. The van der Waals surface area contributed by atoms with Gasteiger partial charge in [-0.2, -0.15) is 0 Å². The molecule has 0 fully saturated rings. The largest absolute Gasteiger partial charge is 0.356 e. The number of benzene rings is 1. The van der Waals surface area contributed by atoms with E-state index >= 15 is 0 Å². The van der Waals surface area contributed by atoms with E-state index in [2.05, 4.69) is 43.4 Å². The van der Waals surface area contributed by atoms with Crippen molar-refractivity contribution in [1.29, 1.82) is 0 Å². The molecule has 0 aliphatic carbocycles. The van der Waals surface area contributed by atoms with Gasteiger partial charge in [0.25, 0.3) is 0 Å². The number of rotatable bonds is 4. The summed E-state index contributed by atoms with van der Waals surface area (Å²) in [5.74, 6) is 0.872. The van der Waals surface area contributed by atoms with E-state index in [0.29, 0.717) is 6.04 Å². The number of hydrogen-bond donors (Lipinski definition) is 1. The molecule has 1 N–H and O–H groups in total. The molecule has 0 aliphatic rings. The number of aromatic nitrogens is 1. The lowest BCUT2D eigenvalue weighted by Crippen LogP contribution is -2.21. The van der Waals surface area contributed by atoms with Crippen molar-refractivity contribution in [3.8, 4) is 11.3 Å². The zero-order valence-corrected chi connectivity index (χ0v) is 10.5. The van der Waals surface area contributed by atoms with E-state index in [4.69, 9.17) is 4.52 Å². The molecule has 0 saturated carbocycles. The molecular weight excluding hydrogens is 212 g/mol. The highest BCUT2D eigenvalue weighted by atomic mass is 16.5. The third kappa shape index (κ3) is 2.74. The van der Waals surface area contributed by atoms with E-state index in [9.17, 15) is 0 Å². The van der Waals surface area contributed by atoms with Crippen LogP contribution < -0.4 is 5.32 Å². The first kappa shape index (κ1) is 11.9. The highest BCUT2D eigenvalue weighted by molar-refractivity contribution is 5.64. The molecule has 0 aliphatic heterocycles. The molecule has 0 spiro atoms. The Morgan fingerprint density at radius 2 is 2.06 bits per heavy atom. The minimum absolute atomic E-state index is 0.453. The molecule has 0 radical (unpaired) electrons. The number of nitrogens with zero attached hydrogens (tertiary/aromatic N) is 1. The molecule has 0 unspecified atom stereocenters. The second-order valence-corrected chi connectivity index (χ2v) is 4.53. The van der Waals surface area contributed by atoms with Gasteiger partial charge in [0.05, 0.1) is 6.20 Å². The van der Waals surface area contributed by atoms with Crippen LogP contribution in [0.3, 0.4) is 0 Å². The molecule has 2 aromatic rings. The Labute approximate surface area is 102 Å². The van der Waals surface area contributed by atoms with Crippen molar-refractivity contribution in [2.45, 2.75) is 33.4 Å². The van der Waals surface area contributed by atoms with Gasteiger partial charge in [0, 0.05) is 23.7 Å². The number of nitrogens with one attached hydrogen (secondary N) is 1.